The van der Waals surface area contributed by atoms with Gasteiger partial charge in [0.1, 0.15) is 11.9 Å². The summed E-state index contributed by atoms with van der Waals surface area (Å²) in [5.41, 5.74) is 0.678. The van der Waals surface area contributed by atoms with Crippen LogP contribution < -0.4 is 10.6 Å². The fraction of sp³-hybridized carbons (Fsp3) is 0.286. The molecule has 10 nitrogen and oxygen atoms in total. The number of aryl methyl sites for hydroxylation is 2. The van der Waals surface area contributed by atoms with Crippen molar-refractivity contribution in [2.24, 2.45) is 0 Å². The number of rotatable bonds is 3. The summed E-state index contributed by atoms with van der Waals surface area (Å²) in [6.07, 6.45) is -0.0877. The van der Waals surface area contributed by atoms with E-state index in [1.54, 1.807) is 26.0 Å². The molecule has 1 aliphatic rings. The molecule has 124 valence electrons. The van der Waals surface area contributed by atoms with E-state index in [0.29, 0.717) is 11.4 Å². The van der Waals surface area contributed by atoms with Gasteiger partial charge in [0, 0.05) is 17.3 Å². The predicted octanol–water partition coefficient (Wildman–Crippen LogP) is 1.33. The van der Waals surface area contributed by atoms with Crippen LogP contribution in [0.1, 0.15) is 23.9 Å². The van der Waals surface area contributed by atoms with E-state index in [2.05, 4.69) is 20.7 Å². The molecule has 1 aromatic carbocycles. The van der Waals surface area contributed by atoms with Gasteiger partial charge in [-0.1, -0.05) is 6.07 Å². The number of benzene rings is 1. The van der Waals surface area contributed by atoms with Crippen LogP contribution in [0.5, 0.6) is 0 Å². The van der Waals surface area contributed by atoms with Gasteiger partial charge in [0.05, 0.1) is 11.3 Å². The van der Waals surface area contributed by atoms with Gasteiger partial charge in [-0.15, -0.1) is 0 Å². The number of carbonyl (C=O) groups is 2. The molecule has 1 atom stereocenters. The number of hydrogen-bond acceptors (Lipinski definition) is 6. The summed E-state index contributed by atoms with van der Waals surface area (Å²) in [4.78, 5) is 38.7. The molecule has 0 unspecified atom stereocenters. The number of nitro benzene ring substituents is 1. The molecule has 1 aliphatic heterocycles. The first-order valence-corrected chi connectivity index (χ1v) is 7.14. The quantitative estimate of drug-likeness (QED) is 0.644. The molecular formula is C14H14N6O4. The summed E-state index contributed by atoms with van der Waals surface area (Å²) in [6, 6.07) is 3.53. The highest BCUT2D eigenvalue weighted by Gasteiger charge is 2.32. The van der Waals surface area contributed by atoms with E-state index in [0.717, 1.165) is 0 Å². The lowest BCUT2D eigenvalue weighted by atomic mass is 10.1. The fourth-order valence-electron chi connectivity index (χ4n) is 2.48. The Morgan fingerprint density at radius 3 is 2.92 bits per heavy atom. The molecule has 0 aliphatic carbocycles. The van der Waals surface area contributed by atoms with Gasteiger partial charge in [0.25, 0.3) is 5.69 Å². The van der Waals surface area contributed by atoms with Crippen LogP contribution in [-0.4, -0.2) is 31.5 Å². The van der Waals surface area contributed by atoms with Crippen molar-refractivity contribution >= 4 is 29.1 Å². The molecule has 3 rings (SSSR count). The maximum absolute atomic E-state index is 12.5. The maximum atomic E-state index is 12.5. The van der Waals surface area contributed by atoms with Gasteiger partial charge in [0.15, 0.2) is 0 Å². The third-order valence-electron chi connectivity index (χ3n) is 3.64. The normalized spacial score (nSPS) is 16.2. The van der Waals surface area contributed by atoms with Crippen LogP contribution in [0.2, 0.25) is 0 Å². The monoisotopic (exact) mass is 330 g/mol. The molecule has 2 heterocycles. The van der Waals surface area contributed by atoms with E-state index in [-0.39, 0.29) is 29.7 Å². The molecule has 0 radical (unpaired) electrons. The summed E-state index contributed by atoms with van der Waals surface area (Å²) in [5.74, 6) is -0.200. The number of hydrogen-bond donors (Lipinski definition) is 2. The van der Waals surface area contributed by atoms with Gasteiger partial charge >= 0.3 is 0 Å². The second kappa shape index (κ2) is 5.72. The van der Waals surface area contributed by atoms with Crippen LogP contribution in [0.4, 0.5) is 17.3 Å². The van der Waals surface area contributed by atoms with Crippen LogP contribution in [-0.2, 0) is 9.59 Å². The lowest BCUT2D eigenvalue weighted by molar-refractivity contribution is -0.385. The number of fused-ring (bicyclic) bond motifs is 1. The molecule has 0 bridgehead atoms. The van der Waals surface area contributed by atoms with Gasteiger partial charge in [-0.05, 0) is 19.9 Å². The van der Waals surface area contributed by atoms with E-state index >= 15 is 0 Å². The first-order valence-electron chi connectivity index (χ1n) is 7.14. The van der Waals surface area contributed by atoms with Crippen LogP contribution in [0.15, 0.2) is 18.2 Å². The Labute approximate surface area is 136 Å². The largest absolute Gasteiger partial charge is 0.324 e. The zero-order valence-corrected chi connectivity index (χ0v) is 12.9. The molecule has 0 fully saturated rings. The van der Waals surface area contributed by atoms with Gasteiger partial charge in [-0.2, -0.15) is 10.1 Å². The molecule has 24 heavy (non-hydrogen) atoms. The SMILES string of the molecule is Cc1nc2n(n1)[C@@H](C(=O)Nc1ccc(C)c([N+](=O)[O-])c1)CC(=O)N2. The number of nitro groups is 1. The van der Waals surface area contributed by atoms with Gasteiger partial charge in [0.2, 0.25) is 17.8 Å². The summed E-state index contributed by atoms with van der Waals surface area (Å²) in [7, 11) is 0. The Hall–Kier alpha value is -3.30. The number of anilines is 2. The number of nitrogens with one attached hydrogen (secondary N) is 2. The first-order chi connectivity index (χ1) is 11.3. The Balaban J connectivity index is 1.87. The molecule has 10 heteroatoms. The number of aromatic nitrogens is 3. The lowest BCUT2D eigenvalue weighted by Crippen LogP contribution is -2.36. The third kappa shape index (κ3) is 2.81. The molecule has 0 saturated heterocycles. The summed E-state index contributed by atoms with van der Waals surface area (Å²) in [6.45, 7) is 3.26. The highest BCUT2D eigenvalue weighted by molar-refractivity contribution is 6.00. The molecule has 1 aromatic heterocycles. The van der Waals surface area contributed by atoms with Crippen molar-refractivity contribution in [2.75, 3.05) is 10.6 Å². The van der Waals surface area contributed by atoms with E-state index in [9.17, 15) is 19.7 Å². The molecule has 0 saturated carbocycles. The van der Waals surface area contributed by atoms with E-state index in [1.165, 1.54) is 10.7 Å². The second-order valence-corrected chi connectivity index (χ2v) is 5.44. The van der Waals surface area contributed by atoms with Crippen LogP contribution in [0, 0.1) is 24.0 Å². The van der Waals surface area contributed by atoms with Gasteiger partial charge < -0.3 is 5.32 Å². The smallest absolute Gasteiger partial charge is 0.274 e. The minimum absolute atomic E-state index is 0.0877. The standard InChI is InChI=1S/C14H14N6O4/c1-7-3-4-9(5-10(7)20(23)24)16-13(22)11-6-12(21)17-14-15-8(2)18-19(11)14/h3-5,11H,6H2,1-2H3,(H,16,22)(H,15,17,18,21)/t11-/m1/s1. The van der Waals surface area contributed by atoms with Crippen molar-refractivity contribution in [1.82, 2.24) is 14.8 Å². The predicted molar refractivity (Wildman–Crippen MR) is 83.5 cm³/mol. The van der Waals surface area contributed by atoms with Crippen molar-refractivity contribution in [2.45, 2.75) is 26.3 Å². The van der Waals surface area contributed by atoms with E-state index in [1.807, 2.05) is 0 Å². The zero-order chi connectivity index (χ0) is 17.4. The Kier molecular flexibility index (Phi) is 3.72. The zero-order valence-electron chi connectivity index (χ0n) is 12.9. The van der Waals surface area contributed by atoms with E-state index < -0.39 is 16.9 Å². The van der Waals surface area contributed by atoms with Crippen molar-refractivity contribution in [3.8, 4) is 0 Å². The topological polar surface area (TPSA) is 132 Å². The highest BCUT2D eigenvalue weighted by Crippen LogP contribution is 2.26. The molecule has 2 aromatic rings. The van der Waals surface area contributed by atoms with Gasteiger partial charge in [-0.3, -0.25) is 25.0 Å². The molecule has 2 amide bonds. The van der Waals surface area contributed by atoms with Crippen molar-refractivity contribution in [3.63, 3.8) is 0 Å². The van der Waals surface area contributed by atoms with Gasteiger partial charge in [-0.25, -0.2) is 4.68 Å². The van der Waals surface area contributed by atoms with Crippen LogP contribution >= 0.6 is 0 Å². The average Bonchev–Trinajstić information content (AvgIpc) is 2.87. The highest BCUT2D eigenvalue weighted by atomic mass is 16.6. The average molecular weight is 330 g/mol. The summed E-state index contributed by atoms with van der Waals surface area (Å²) >= 11 is 0. The second-order valence-electron chi connectivity index (χ2n) is 5.44. The Bertz CT molecular complexity index is 859. The molecule has 2 N–H and O–H groups in total. The fourth-order valence-corrected chi connectivity index (χ4v) is 2.48. The van der Waals surface area contributed by atoms with Crippen molar-refractivity contribution in [1.29, 1.82) is 0 Å². The third-order valence-corrected chi connectivity index (χ3v) is 3.64. The maximum Gasteiger partial charge on any atom is 0.274 e. The minimum Gasteiger partial charge on any atom is -0.324 e. The van der Waals surface area contributed by atoms with Crippen LogP contribution in [0.3, 0.4) is 0 Å². The number of carbonyl (C=O) groups excluding carboxylic acids is 2. The molecule has 0 spiro atoms. The lowest BCUT2D eigenvalue weighted by Gasteiger charge is -2.22. The Morgan fingerprint density at radius 1 is 1.46 bits per heavy atom. The van der Waals surface area contributed by atoms with Crippen molar-refractivity contribution in [3.05, 3.63) is 39.7 Å². The Morgan fingerprint density at radius 2 is 2.21 bits per heavy atom. The molecular weight excluding hydrogens is 316 g/mol. The number of amides is 2. The van der Waals surface area contributed by atoms with Crippen LogP contribution in [0.25, 0.3) is 0 Å². The van der Waals surface area contributed by atoms with E-state index in [4.69, 9.17) is 0 Å². The number of nitrogens with zero attached hydrogens (tertiary/aromatic N) is 4. The summed E-state index contributed by atoms with van der Waals surface area (Å²) in [5, 5.41) is 20.2. The minimum atomic E-state index is -0.865. The van der Waals surface area contributed by atoms with Crippen molar-refractivity contribution < 1.29 is 14.5 Å². The first kappa shape index (κ1) is 15.6. The summed E-state index contributed by atoms with van der Waals surface area (Å²) < 4.78 is 1.34.